The van der Waals surface area contributed by atoms with E-state index in [0.717, 1.165) is 4.57 Å². The number of aromatic nitrogens is 2. The molecule has 0 aliphatic rings. The summed E-state index contributed by atoms with van der Waals surface area (Å²) in [5, 5.41) is 19.6. The van der Waals surface area contributed by atoms with Crippen LogP contribution in [-0.4, -0.2) is 25.6 Å². The highest BCUT2D eigenvalue weighted by molar-refractivity contribution is 5.84. The first-order valence-electron chi connectivity index (χ1n) is 7.67. The largest absolute Gasteiger partial charge is 0.508 e. The van der Waals surface area contributed by atoms with Gasteiger partial charge in [0.2, 0.25) is 5.88 Å². The van der Waals surface area contributed by atoms with Crippen molar-refractivity contribution in [3.05, 3.63) is 50.7 Å². The molecule has 0 aliphatic carbocycles. The zero-order valence-corrected chi connectivity index (χ0v) is 14.1. The third-order valence-electron chi connectivity index (χ3n) is 3.56. The second kappa shape index (κ2) is 6.74. The Labute approximate surface area is 139 Å². The number of benzene rings is 1. The van der Waals surface area contributed by atoms with E-state index in [-0.39, 0.29) is 23.4 Å². The average molecular weight is 331 g/mol. The van der Waals surface area contributed by atoms with E-state index in [1.54, 1.807) is 39.8 Å². The molecule has 2 N–H and O–H groups in total. The fourth-order valence-corrected chi connectivity index (χ4v) is 2.36. The highest BCUT2D eigenvalue weighted by Gasteiger charge is 2.20. The number of phenolic OH excluding ortho intramolecular Hbond substituents is 1. The molecule has 0 atom stereocenters. The normalized spacial score (nSPS) is 11.8. The number of rotatable bonds is 4. The zero-order chi connectivity index (χ0) is 18.0. The average Bonchev–Trinajstić information content (AvgIpc) is 2.48. The first-order valence-corrected chi connectivity index (χ1v) is 7.67. The Bertz CT molecular complexity index is 874. The molecule has 0 amide bonds. The smallest absolute Gasteiger partial charge is 0.334 e. The summed E-state index contributed by atoms with van der Waals surface area (Å²) in [4.78, 5) is 29.2. The van der Waals surface area contributed by atoms with Crippen LogP contribution in [0.1, 0.15) is 45.3 Å². The number of phenols is 1. The Morgan fingerprint density at radius 1 is 0.958 bits per heavy atom. The molecule has 0 spiro atoms. The summed E-state index contributed by atoms with van der Waals surface area (Å²) in [6.07, 6.45) is 1.24. The number of aromatic hydroxyl groups is 2. The second-order valence-electron chi connectivity index (χ2n) is 6.03. The van der Waals surface area contributed by atoms with E-state index in [1.807, 2.05) is 0 Å². The van der Waals surface area contributed by atoms with Crippen molar-refractivity contribution in [2.75, 3.05) is 0 Å². The van der Waals surface area contributed by atoms with Gasteiger partial charge >= 0.3 is 5.69 Å². The van der Waals surface area contributed by atoms with Gasteiger partial charge < -0.3 is 10.2 Å². The van der Waals surface area contributed by atoms with Gasteiger partial charge in [-0.05, 0) is 52.0 Å². The molecule has 128 valence electrons. The summed E-state index contributed by atoms with van der Waals surface area (Å²) in [6.45, 7) is 6.95. The maximum Gasteiger partial charge on any atom is 0.334 e. The van der Waals surface area contributed by atoms with E-state index in [1.165, 1.54) is 22.9 Å². The molecule has 1 heterocycles. The van der Waals surface area contributed by atoms with Gasteiger partial charge in [0, 0.05) is 18.3 Å². The Balaban J connectivity index is 2.67. The molecule has 7 heteroatoms. The van der Waals surface area contributed by atoms with Crippen LogP contribution in [0.5, 0.6) is 11.6 Å². The van der Waals surface area contributed by atoms with Gasteiger partial charge in [-0.1, -0.05) is 0 Å². The van der Waals surface area contributed by atoms with Crippen LogP contribution in [0.15, 0.2) is 38.8 Å². The van der Waals surface area contributed by atoms with Crippen LogP contribution in [0.4, 0.5) is 5.69 Å². The van der Waals surface area contributed by atoms with Gasteiger partial charge in [0.15, 0.2) is 0 Å². The minimum Gasteiger partial charge on any atom is -0.508 e. The van der Waals surface area contributed by atoms with Gasteiger partial charge in [0.05, 0.1) is 5.69 Å². The molecule has 0 unspecified atom stereocenters. The SMILES string of the molecule is CC(C)n1c(O)c(C=Nc2ccc(O)cc2)c(=O)n(C(C)C)c1=O. The Kier molecular flexibility index (Phi) is 4.92. The van der Waals surface area contributed by atoms with Crippen LogP contribution in [0.25, 0.3) is 0 Å². The summed E-state index contributed by atoms with van der Waals surface area (Å²) in [7, 11) is 0. The summed E-state index contributed by atoms with van der Waals surface area (Å²) in [5.41, 5.74) is -0.689. The third-order valence-corrected chi connectivity index (χ3v) is 3.56. The van der Waals surface area contributed by atoms with Gasteiger partial charge in [0.25, 0.3) is 5.56 Å². The molecule has 1 aromatic carbocycles. The minimum absolute atomic E-state index is 0.0509. The standard InChI is InChI=1S/C17H21N3O4/c1-10(2)19-15(22)14(16(23)20(11(3)4)17(19)24)9-18-12-5-7-13(21)8-6-12/h5-11,21-22H,1-4H3. The number of hydrogen-bond donors (Lipinski definition) is 2. The highest BCUT2D eigenvalue weighted by atomic mass is 16.3. The molecule has 2 rings (SSSR count). The lowest BCUT2D eigenvalue weighted by Gasteiger charge is -2.18. The van der Waals surface area contributed by atoms with Crippen LogP contribution in [0.3, 0.4) is 0 Å². The van der Waals surface area contributed by atoms with Crippen molar-refractivity contribution >= 4 is 11.9 Å². The van der Waals surface area contributed by atoms with Crippen molar-refractivity contribution in [3.63, 3.8) is 0 Å². The summed E-state index contributed by atoms with van der Waals surface area (Å²) < 4.78 is 2.26. The van der Waals surface area contributed by atoms with Crippen molar-refractivity contribution in [3.8, 4) is 11.6 Å². The topological polar surface area (TPSA) is 96.8 Å². The highest BCUT2D eigenvalue weighted by Crippen LogP contribution is 2.19. The maximum absolute atomic E-state index is 12.6. The molecule has 0 bridgehead atoms. The van der Waals surface area contributed by atoms with Crippen LogP contribution in [-0.2, 0) is 0 Å². The molecule has 2 aromatic rings. The molecule has 24 heavy (non-hydrogen) atoms. The Hall–Kier alpha value is -2.83. The number of nitrogens with zero attached hydrogens (tertiary/aromatic N) is 3. The second-order valence-corrected chi connectivity index (χ2v) is 6.03. The van der Waals surface area contributed by atoms with Gasteiger partial charge in [-0.3, -0.25) is 18.9 Å². The molecular weight excluding hydrogens is 310 g/mol. The quantitative estimate of drug-likeness (QED) is 0.840. The predicted octanol–water partition coefficient (Wildman–Crippen LogP) is 2.33. The Morgan fingerprint density at radius 3 is 2.00 bits per heavy atom. The molecule has 0 radical (unpaired) electrons. The summed E-state index contributed by atoms with van der Waals surface area (Å²) in [5.74, 6) is -0.299. The van der Waals surface area contributed by atoms with Crippen molar-refractivity contribution in [2.24, 2.45) is 4.99 Å². The number of aliphatic imine (C=N–C) groups is 1. The van der Waals surface area contributed by atoms with E-state index in [4.69, 9.17) is 0 Å². The summed E-state index contributed by atoms with van der Waals surface area (Å²) >= 11 is 0. The van der Waals surface area contributed by atoms with Crippen molar-refractivity contribution in [1.82, 2.24) is 9.13 Å². The van der Waals surface area contributed by atoms with Crippen LogP contribution in [0.2, 0.25) is 0 Å². The van der Waals surface area contributed by atoms with Crippen molar-refractivity contribution in [2.45, 2.75) is 39.8 Å². The Morgan fingerprint density at radius 2 is 1.50 bits per heavy atom. The third kappa shape index (κ3) is 3.24. The van der Waals surface area contributed by atoms with E-state index < -0.39 is 17.1 Å². The maximum atomic E-state index is 12.6. The van der Waals surface area contributed by atoms with Crippen molar-refractivity contribution in [1.29, 1.82) is 0 Å². The molecule has 0 saturated carbocycles. The van der Waals surface area contributed by atoms with Crippen molar-refractivity contribution < 1.29 is 10.2 Å². The zero-order valence-electron chi connectivity index (χ0n) is 14.1. The molecular formula is C17H21N3O4. The van der Waals surface area contributed by atoms with Gasteiger partial charge in [-0.15, -0.1) is 0 Å². The van der Waals surface area contributed by atoms with Crippen LogP contribution < -0.4 is 11.2 Å². The van der Waals surface area contributed by atoms with E-state index in [2.05, 4.69) is 4.99 Å². The predicted molar refractivity (Wildman–Crippen MR) is 92.8 cm³/mol. The molecule has 0 fully saturated rings. The van der Waals surface area contributed by atoms with Crippen LogP contribution in [0, 0.1) is 0 Å². The molecule has 0 saturated heterocycles. The summed E-state index contributed by atoms with van der Waals surface area (Å²) in [6, 6.07) is 5.41. The van der Waals surface area contributed by atoms with E-state index in [9.17, 15) is 19.8 Å². The van der Waals surface area contributed by atoms with Crippen LogP contribution >= 0.6 is 0 Å². The van der Waals surface area contributed by atoms with Gasteiger partial charge in [0.1, 0.15) is 11.3 Å². The first-order chi connectivity index (χ1) is 11.2. The molecule has 7 nitrogen and oxygen atoms in total. The monoisotopic (exact) mass is 331 g/mol. The lowest BCUT2D eigenvalue weighted by molar-refractivity contribution is 0.362. The molecule has 0 aliphatic heterocycles. The fraction of sp³-hybridized carbons (Fsp3) is 0.353. The van der Waals surface area contributed by atoms with E-state index >= 15 is 0 Å². The fourth-order valence-electron chi connectivity index (χ4n) is 2.36. The number of hydrogen-bond acceptors (Lipinski definition) is 5. The minimum atomic E-state index is -0.591. The lowest BCUT2D eigenvalue weighted by atomic mass is 10.2. The lowest BCUT2D eigenvalue weighted by Crippen LogP contribution is -2.43. The van der Waals surface area contributed by atoms with Gasteiger partial charge in [-0.2, -0.15) is 0 Å². The first kappa shape index (κ1) is 17.5. The molecule has 1 aromatic heterocycles. The van der Waals surface area contributed by atoms with Gasteiger partial charge in [-0.25, -0.2) is 4.79 Å². The van der Waals surface area contributed by atoms with E-state index in [0.29, 0.717) is 5.69 Å².